The second-order valence-electron chi connectivity index (χ2n) is 4.10. The Morgan fingerprint density at radius 3 is 2.69 bits per heavy atom. The summed E-state index contributed by atoms with van der Waals surface area (Å²) in [5, 5.41) is 0. The van der Waals surface area contributed by atoms with Crippen LogP contribution >= 0.6 is 0 Å². The quantitative estimate of drug-likeness (QED) is 0.702. The Hall–Kier alpha value is -0.120. The maximum atomic E-state index is 5.95. The highest BCUT2D eigenvalue weighted by Gasteiger charge is 2.29. The van der Waals surface area contributed by atoms with E-state index in [-0.39, 0.29) is 0 Å². The summed E-state index contributed by atoms with van der Waals surface area (Å²) in [6.07, 6.45) is 0. The maximum absolute atomic E-state index is 5.95. The molecule has 0 bridgehead atoms. The van der Waals surface area contributed by atoms with Crippen molar-refractivity contribution in [1.82, 2.24) is 4.90 Å². The van der Waals surface area contributed by atoms with Crippen molar-refractivity contribution in [1.29, 1.82) is 0 Å². The van der Waals surface area contributed by atoms with Gasteiger partial charge in [-0.05, 0) is 19.8 Å². The molecule has 0 aromatic rings. The summed E-state index contributed by atoms with van der Waals surface area (Å²) in [7, 11) is 0. The van der Waals surface area contributed by atoms with Crippen LogP contribution in [0.2, 0.25) is 0 Å². The summed E-state index contributed by atoms with van der Waals surface area (Å²) in [4.78, 5) is 2.42. The predicted molar refractivity (Wildman–Crippen MR) is 54.7 cm³/mol. The van der Waals surface area contributed by atoms with Gasteiger partial charge in [-0.25, -0.2) is 0 Å². The highest BCUT2D eigenvalue weighted by atomic mass is 16.5. The van der Waals surface area contributed by atoms with Crippen LogP contribution in [0.3, 0.4) is 0 Å². The Balaban J connectivity index is 2.28. The van der Waals surface area contributed by atoms with Gasteiger partial charge in [-0.1, -0.05) is 6.92 Å². The number of nitrogens with zero attached hydrogens (tertiary/aromatic N) is 1. The van der Waals surface area contributed by atoms with E-state index in [1.54, 1.807) is 0 Å². The molecular formula is C10H22N2O. The predicted octanol–water partition coefficient (Wildman–Crippen LogP) is 0.690. The topological polar surface area (TPSA) is 38.5 Å². The highest BCUT2D eigenvalue weighted by molar-refractivity contribution is 4.86. The highest BCUT2D eigenvalue weighted by Crippen LogP contribution is 2.16. The lowest BCUT2D eigenvalue weighted by Crippen LogP contribution is -2.36. The molecule has 78 valence electrons. The van der Waals surface area contributed by atoms with E-state index in [2.05, 4.69) is 18.7 Å². The van der Waals surface area contributed by atoms with E-state index in [0.29, 0.717) is 18.0 Å². The minimum Gasteiger partial charge on any atom is -0.380 e. The van der Waals surface area contributed by atoms with E-state index >= 15 is 0 Å². The molecule has 1 fully saturated rings. The van der Waals surface area contributed by atoms with Gasteiger partial charge in [-0.2, -0.15) is 0 Å². The normalized spacial score (nSPS) is 32.3. The number of ether oxygens (including phenoxy) is 1. The molecule has 3 heteroatoms. The third-order valence-electron chi connectivity index (χ3n) is 2.89. The SMILES string of the molecule is CCOCC(C)N1CC(C)C(N)C1. The van der Waals surface area contributed by atoms with Crippen LogP contribution in [0.4, 0.5) is 0 Å². The zero-order valence-corrected chi connectivity index (χ0v) is 8.99. The average Bonchev–Trinajstić information content (AvgIpc) is 2.43. The van der Waals surface area contributed by atoms with E-state index in [4.69, 9.17) is 10.5 Å². The van der Waals surface area contributed by atoms with E-state index in [0.717, 1.165) is 26.3 Å². The van der Waals surface area contributed by atoms with Gasteiger partial charge in [-0.15, -0.1) is 0 Å². The molecule has 1 aliphatic rings. The van der Waals surface area contributed by atoms with Crippen molar-refractivity contribution >= 4 is 0 Å². The molecule has 0 aromatic carbocycles. The van der Waals surface area contributed by atoms with Crippen molar-refractivity contribution in [2.24, 2.45) is 11.7 Å². The Morgan fingerprint density at radius 1 is 1.54 bits per heavy atom. The van der Waals surface area contributed by atoms with E-state index < -0.39 is 0 Å². The first-order valence-electron chi connectivity index (χ1n) is 5.22. The maximum Gasteiger partial charge on any atom is 0.0619 e. The number of likely N-dealkylation sites (tertiary alicyclic amines) is 1. The standard InChI is InChI=1S/C10H22N2O/c1-4-13-7-9(3)12-5-8(2)10(11)6-12/h8-10H,4-7,11H2,1-3H3. The summed E-state index contributed by atoms with van der Waals surface area (Å²) in [5.74, 6) is 0.629. The van der Waals surface area contributed by atoms with Crippen LogP contribution in [0.25, 0.3) is 0 Å². The van der Waals surface area contributed by atoms with Gasteiger partial charge in [0.1, 0.15) is 0 Å². The van der Waals surface area contributed by atoms with Crippen molar-refractivity contribution < 1.29 is 4.74 Å². The van der Waals surface area contributed by atoms with Crippen molar-refractivity contribution in [2.45, 2.75) is 32.9 Å². The third-order valence-corrected chi connectivity index (χ3v) is 2.89. The average molecular weight is 186 g/mol. The largest absolute Gasteiger partial charge is 0.380 e. The van der Waals surface area contributed by atoms with Gasteiger partial charge >= 0.3 is 0 Å². The summed E-state index contributed by atoms with van der Waals surface area (Å²) >= 11 is 0. The number of hydrogen-bond acceptors (Lipinski definition) is 3. The minimum absolute atomic E-state index is 0.351. The van der Waals surface area contributed by atoms with Crippen LogP contribution in [-0.4, -0.2) is 43.3 Å². The molecular weight excluding hydrogens is 164 g/mol. The summed E-state index contributed by atoms with van der Waals surface area (Å²) < 4.78 is 5.40. The first kappa shape index (κ1) is 11.0. The molecule has 3 nitrogen and oxygen atoms in total. The van der Waals surface area contributed by atoms with Gasteiger partial charge in [0.05, 0.1) is 6.61 Å². The number of rotatable bonds is 4. The lowest BCUT2D eigenvalue weighted by Gasteiger charge is -2.23. The van der Waals surface area contributed by atoms with Crippen LogP contribution in [0.15, 0.2) is 0 Å². The minimum atomic E-state index is 0.351. The zero-order chi connectivity index (χ0) is 9.84. The first-order valence-corrected chi connectivity index (χ1v) is 5.22. The Kier molecular flexibility index (Phi) is 4.16. The van der Waals surface area contributed by atoms with Gasteiger partial charge in [0.15, 0.2) is 0 Å². The van der Waals surface area contributed by atoms with E-state index in [1.807, 2.05) is 6.92 Å². The number of hydrogen-bond donors (Lipinski definition) is 1. The lowest BCUT2D eigenvalue weighted by atomic mass is 10.1. The molecule has 0 spiro atoms. The van der Waals surface area contributed by atoms with Gasteiger partial charge in [0, 0.05) is 31.8 Å². The van der Waals surface area contributed by atoms with Crippen LogP contribution < -0.4 is 5.73 Å². The molecule has 3 atom stereocenters. The molecule has 1 heterocycles. The summed E-state index contributed by atoms with van der Waals surface area (Å²) in [5.41, 5.74) is 5.95. The van der Waals surface area contributed by atoms with Gasteiger partial charge < -0.3 is 10.5 Å². The molecule has 2 N–H and O–H groups in total. The Labute approximate surface area is 81.2 Å². The molecule has 13 heavy (non-hydrogen) atoms. The van der Waals surface area contributed by atoms with Crippen LogP contribution in [0.1, 0.15) is 20.8 Å². The monoisotopic (exact) mass is 186 g/mol. The van der Waals surface area contributed by atoms with Gasteiger partial charge in [0.2, 0.25) is 0 Å². The van der Waals surface area contributed by atoms with Crippen molar-refractivity contribution in [3.8, 4) is 0 Å². The second kappa shape index (κ2) is 4.94. The molecule has 0 amide bonds. The Bertz CT molecular complexity index is 142. The van der Waals surface area contributed by atoms with Crippen LogP contribution in [0, 0.1) is 5.92 Å². The molecule has 0 radical (unpaired) electrons. The molecule has 1 aliphatic heterocycles. The van der Waals surface area contributed by atoms with E-state index in [1.165, 1.54) is 0 Å². The summed E-state index contributed by atoms with van der Waals surface area (Å²) in [6, 6.07) is 0.861. The van der Waals surface area contributed by atoms with Crippen LogP contribution in [-0.2, 0) is 4.74 Å². The fraction of sp³-hybridized carbons (Fsp3) is 1.00. The summed E-state index contributed by atoms with van der Waals surface area (Å²) in [6.45, 7) is 10.2. The molecule has 0 saturated carbocycles. The van der Waals surface area contributed by atoms with Crippen molar-refractivity contribution in [2.75, 3.05) is 26.3 Å². The molecule has 0 aliphatic carbocycles. The van der Waals surface area contributed by atoms with E-state index in [9.17, 15) is 0 Å². The fourth-order valence-corrected chi connectivity index (χ4v) is 1.78. The smallest absolute Gasteiger partial charge is 0.0619 e. The molecule has 1 rings (SSSR count). The van der Waals surface area contributed by atoms with Gasteiger partial charge in [-0.3, -0.25) is 4.90 Å². The molecule has 1 saturated heterocycles. The zero-order valence-electron chi connectivity index (χ0n) is 8.99. The Morgan fingerprint density at radius 2 is 2.23 bits per heavy atom. The van der Waals surface area contributed by atoms with Crippen LogP contribution in [0.5, 0.6) is 0 Å². The van der Waals surface area contributed by atoms with Crippen molar-refractivity contribution in [3.05, 3.63) is 0 Å². The van der Waals surface area contributed by atoms with Crippen molar-refractivity contribution in [3.63, 3.8) is 0 Å². The fourth-order valence-electron chi connectivity index (χ4n) is 1.78. The lowest BCUT2D eigenvalue weighted by molar-refractivity contribution is 0.0828. The van der Waals surface area contributed by atoms with Gasteiger partial charge in [0.25, 0.3) is 0 Å². The molecule has 3 unspecified atom stereocenters. The number of nitrogens with two attached hydrogens (primary N) is 1. The second-order valence-corrected chi connectivity index (χ2v) is 4.10. The third kappa shape index (κ3) is 2.93. The first-order chi connectivity index (χ1) is 6.15. The molecule has 0 aromatic heterocycles.